The predicted octanol–water partition coefficient (Wildman–Crippen LogP) is 9.60. The van der Waals surface area contributed by atoms with Gasteiger partial charge in [-0.05, 0) is 97.2 Å². The van der Waals surface area contributed by atoms with Gasteiger partial charge in [-0.2, -0.15) is 5.10 Å². The number of rotatable bonds is 5. The molecule has 1 aliphatic carbocycles. The number of aliphatic imine (C=N–C) groups is 1. The second-order valence-electron chi connectivity index (χ2n) is 13.3. The number of benzene rings is 4. The van der Waals surface area contributed by atoms with E-state index in [1.54, 1.807) is 0 Å². The molecular formula is C41H39N5O. The fourth-order valence-electron chi connectivity index (χ4n) is 7.53. The molecule has 2 aromatic heterocycles. The van der Waals surface area contributed by atoms with Crippen LogP contribution in [0, 0.1) is 41.5 Å². The number of nitrogens with one attached hydrogen (secondary N) is 1. The van der Waals surface area contributed by atoms with Crippen molar-refractivity contribution in [2.75, 3.05) is 5.32 Å². The fraction of sp³-hybridized carbons (Fsp3) is 0.244. The Hall–Kier alpha value is -5.23. The van der Waals surface area contributed by atoms with Crippen LogP contribution in [0.3, 0.4) is 0 Å². The number of amidine groups is 1. The third-order valence-electron chi connectivity index (χ3n) is 9.91. The van der Waals surface area contributed by atoms with Crippen LogP contribution in [0.2, 0.25) is 0 Å². The first kappa shape index (κ1) is 29.2. The van der Waals surface area contributed by atoms with Crippen molar-refractivity contribution < 1.29 is 4.42 Å². The van der Waals surface area contributed by atoms with E-state index in [1.165, 1.54) is 44.5 Å². The second kappa shape index (κ2) is 10.9. The van der Waals surface area contributed by atoms with Gasteiger partial charge in [-0.3, -0.25) is 4.99 Å². The minimum absolute atomic E-state index is 0.0901. The summed E-state index contributed by atoms with van der Waals surface area (Å²) < 4.78 is 8.14. The van der Waals surface area contributed by atoms with Crippen LogP contribution in [0.5, 0.6) is 0 Å². The maximum absolute atomic E-state index is 6.01. The summed E-state index contributed by atoms with van der Waals surface area (Å²) in [6.45, 7) is 15.0. The Bertz CT molecular complexity index is 2240. The van der Waals surface area contributed by atoms with E-state index in [4.69, 9.17) is 14.5 Å². The van der Waals surface area contributed by atoms with E-state index in [9.17, 15) is 0 Å². The molecule has 1 fully saturated rings. The lowest BCUT2D eigenvalue weighted by atomic mass is 9.91. The summed E-state index contributed by atoms with van der Waals surface area (Å²) in [7, 11) is 0. The zero-order chi connectivity index (χ0) is 32.6. The van der Waals surface area contributed by atoms with Gasteiger partial charge < -0.3 is 9.73 Å². The van der Waals surface area contributed by atoms with Crippen molar-refractivity contribution in [3.63, 3.8) is 0 Å². The van der Waals surface area contributed by atoms with E-state index < -0.39 is 0 Å². The van der Waals surface area contributed by atoms with Crippen LogP contribution >= 0.6 is 0 Å². The van der Waals surface area contributed by atoms with Gasteiger partial charge in [-0.1, -0.05) is 73.7 Å². The van der Waals surface area contributed by atoms with Crippen LogP contribution in [0.25, 0.3) is 28.0 Å². The maximum atomic E-state index is 6.01. The molecule has 0 radical (unpaired) electrons. The molecule has 3 atom stereocenters. The Labute approximate surface area is 275 Å². The van der Waals surface area contributed by atoms with E-state index in [0.29, 0.717) is 5.89 Å². The van der Waals surface area contributed by atoms with E-state index in [1.807, 2.05) is 13.1 Å². The monoisotopic (exact) mass is 617 g/mol. The molecule has 2 aliphatic rings. The molecule has 234 valence electrons. The highest BCUT2D eigenvalue weighted by atomic mass is 16.3. The van der Waals surface area contributed by atoms with E-state index in [-0.39, 0.29) is 17.9 Å². The molecule has 0 spiro atoms. The number of aromatic nitrogens is 3. The van der Waals surface area contributed by atoms with E-state index in [0.717, 1.165) is 45.1 Å². The number of anilines is 1. The summed E-state index contributed by atoms with van der Waals surface area (Å²) in [5.74, 6) is 1.95. The Balaban J connectivity index is 1.21. The summed E-state index contributed by atoms with van der Waals surface area (Å²) >= 11 is 0. The summed E-state index contributed by atoms with van der Waals surface area (Å²) in [5, 5.41) is 8.61. The Morgan fingerprint density at radius 2 is 1.51 bits per heavy atom. The number of fused-ring (bicyclic) bond motifs is 4. The van der Waals surface area contributed by atoms with Gasteiger partial charge in [0.1, 0.15) is 11.4 Å². The second-order valence-corrected chi connectivity index (χ2v) is 13.3. The van der Waals surface area contributed by atoms with Gasteiger partial charge in [0, 0.05) is 29.7 Å². The molecule has 8 rings (SSSR count). The van der Waals surface area contributed by atoms with Crippen molar-refractivity contribution >= 4 is 22.6 Å². The van der Waals surface area contributed by atoms with Crippen molar-refractivity contribution in [2.24, 2.45) is 4.99 Å². The first-order valence-corrected chi connectivity index (χ1v) is 16.4. The number of nitrogens with zero attached hydrogens (tertiary/aromatic N) is 4. The minimum Gasteiger partial charge on any atom is -0.441 e. The average molecular weight is 618 g/mol. The van der Waals surface area contributed by atoms with Gasteiger partial charge in [0.2, 0.25) is 0 Å². The topological polar surface area (TPSA) is 68.2 Å². The van der Waals surface area contributed by atoms with E-state index in [2.05, 4.69) is 135 Å². The van der Waals surface area contributed by atoms with Crippen LogP contribution in [0.1, 0.15) is 69.2 Å². The number of allylic oxidation sites excluding steroid dienone is 1. The normalized spacial score (nSPS) is 18.2. The summed E-state index contributed by atoms with van der Waals surface area (Å²) in [4.78, 5) is 9.99. The highest BCUT2D eigenvalue weighted by Gasteiger charge is 2.50. The summed E-state index contributed by atoms with van der Waals surface area (Å²) in [6.07, 6.45) is 4.42. The van der Waals surface area contributed by atoms with Crippen LogP contribution < -0.4 is 5.32 Å². The van der Waals surface area contributed by atoms with Gasteiger partial charge in [0.25, 0.3) is 0 Å². The van der Waals surface area contributed by atoms with Crippen LogP contribution in [0.4, 0.5) is 5.69 Å². The molecule has 47 heavy (non-hydrogen) atoms. The molecule has 6 heteroatoms. The summed E-state index contributed by atoms with van der Waals surface area (Å²) in [5.41, 5.74) is 17.2. The number of hydrogen-bond donors (Lipinski definition) is 1. The number of para-hydroxylation sites is 2. The SMILES string of the molecule is Cc1nc2cc3c(cc2o1)C1/C(=C/C(C)c2ccccc2-c2c(C)cnn2-c2c(C)cccc2C)C1N=C3Nc1c(C)cccc1C. The third-order valence-corrected chi connectivity index (χ3v) is 9.91. The lowest BCUT2D eigenvalue weighted by molar-refractivity contribution is 0.560. The number of hydrogen-bond acceptors (Lipinski definition) is 5. The fourth-order valence-corrected chi connectivity index (χ4v) is 7.53. The first-order valence-electron chi connectivity index (χ1n) is 16.4. The van der Waals surface area contributed by atoms with Crippen molar-refractivity contribution in [2.45, 2.75) is 66.3 Å². The third kappa shape index (κ3) is 4.82. The first-order chi connectivity index (χ1) is 22.7. The largest absolute Gasteiger partial charge is 0.441 e. The zero-order valence-corrected chi connectivity index (χ0v) is 28.0. The molecular weight excluding hydrogens is 578 g/mol. The van der Waals surface area contributed by atoms with Gasteiger partial charge >= 0.3 is 0 Å². The van der Waals surface area contributed by atoms with Gasteiger partial charge in [-0.15, -0.1) is 0 Å². The van der Waals surface area contributed by atoms with Crippen LogP contribution in [-0.4, -0.2) is 26.6 Å². The standard InChI is InChI=1S/C41H39N5O/c1-22-12-10-13-23(2)37(22)44-41-32-19-34-35(47-28(7)43-34)20-31(32)36-33(38(36)45-41)18-26(5)29-16-8-9-17-30(29)40-27(6)21-42-46(40)39-24(3)14-11-15-25(39)4/h8-21,26,36,38H,1-7H3,(H,44,45)/b33-18-. The Morgan fingerprint density at radius 1 is 0.809 bits per heavy atom. The van der Waals surface area contributed by atoms with Crippen molar-refractivity contribution in [3.8, 4) is 16.9 Å². The molecule has 0 saturated heterocycles. The zero-order valence-electron chi connectivity index (χ0n) is 28.0. The highest BCUT2D eigenvalue weighted by Crippen LogP contribution is 2.55. The highest BCUT2D eigenvalue weighted by molar-refractivity contribution is 6.13. The molecule has 1 saturated carbocycles. The van der Waals surface area contributed by atoms with Crippen molar-refractivity contribution in [3.05, 3.63) is 141 Å². The average Bonchev–Trinajstić information content (AvgIpc) is 3.37. The molecule has 0 amide bonds. The lowest BCUT2D eigenvalue weighted by Crippen LogP contribution is -2.21. The molecule has 3 unspecified atom stereocenters. The molecule has 6 nitrogen and oxygen atoms in total. The quantitative estimate of drug-likeness (QED) is 0.196. The lowest BCUT2D eigenvalue weighted by Gasteiger charge is -2.19. The molecule has 1 aliphatic heterocycles. The molecule has 3 heterocycles. The molecule has 0 bridgehead atoms. The smallest absolute Gasteiger partial charge is 0.192 e. The van der Waals surface area contributed by atoms with Crippen LogP contribution in [-0.2, 0) is 0 Å². The van der Waals surface area contributed by atoms with Crippen molar-refractivity contribution in [1.82, 2.24) is 14.8 Å². The van der Waals surface area contributed by atoms with Crippen LogP contribution in [0.15, 0.2) is 100 Å². The minimum atomic E-state index is 0.0901. The maximum Gasteiger partial charge on any atom is 0.192 e. The summed E-state index contributed by atoms with van der Waals surface area (Å²) in [6, 6.07) is 26.0. The Morgan fingerprint density at radius 3 is 2.26 bits per heavy atom. The van der Waals surface area contributed by atoms with Crippen molar-refractivity contribution in [1.29, 1.82) is 0 Å². The van der Waals surface area contributed by atoms with E-state index >= 15 is 0 Å². The number of oxazole rings is 1. The predicted molar refractivity (Wildman–Crippen MR) is 191 cm³/mol. The van der Waals surface area contributed by atoms with Gasteiger partial charge in [-0.25, -0.2) is 9.67 Å². The molecule has 1 N–H and O–H groups in total. The number of aryl methyl sites for hydroxylation is 6. The van der Waals surface area contributed by atoms with Gasteiger partial charge in [0.15, 0.2) is 11.5 Å². The molecule has 4 aromatic carbocycles. The van der Waals surface area contributed by atoms with Gasteiger partial charge in [0.05, 0.1) is 23.6 Å². The molecule has 6 aromatic rings. The Kier molecular flexibility index (Phi) is 6.80.